The summed E-state index contributed by atoms with van der Waals surface area (Å²) in [6.07, 6.45) is 0.812. The van der Waals surface area contributed by atoms with Crippen LogP contribution in [0.3, 0.4) is 0 Å². The Balaban J connectivity index is 1.94. The number of hydrogen-bond donors (Lipinski definition) is 2. The van der Waals surface area contributed by atoms with Gasteiger partial charge in [0, 0.05) is 23.6 Å². The van der Waals surface area contributed by atoms with Gasteiger partial charge in [0.2, 0.25) is 10.0 Å². The Morgan fingerprint density at radius 2 is 2.11 bits per heavy atom. The minimum absolute atomic E-state index is 0.0500. The maximum atomic E-state index is 12.6. The Morgan fingerprint density at radius 1 is 1.37 bits per heavy atom. The quantitative estimate of drug-likeness (QED) is 0.787. The molecule has 1 heterocycles. The topological polar surface area (TPSA) is 108 Å². The summed E-state index contributed by atoms with van der Waals surface area (Å²) in [5.74, 6) is 0.675. The smallest absolute Gasteiger partial charge is 0.255 e. The van der Waals surface area contributed by atoms with Gasteiger partial charge in [-0.15, -0.1) is 0 Å². The molecule has 0 unspecified atom stereocenters. The minimum Gasteiger partial charge on any atom is -0.492 e. The van der Waals surface area contributed by atoms with Crippen LogP contribution in [0.1, 0.15) is 29.8 Å². The van der Waals surface area contributed by atoms with Crippen molar-refractivity contribution in [2.45, 2.75) is 31.3 Å². The molecule has 0 saturated heterocycles. The number of nitrogens with one attached hydrogen (secondary N) is 1. The molecule has 0 spiro atoms. The number of nitrogens with two attached hydrogens (primary N) is 1. The summed E-state index contributed by atoms with van der Waals surface area (Å²) >= 11 is 5.86. The van der Waals surface area contributed by atoms with Crippen molar-refractivity contribution >= 4 is 33.2 Å². The fraction of sp³-hybridized carbons (Fsp3) is 0.278. The molecule has 2 aromatic carbocycles. The Labute approximate surface area is 162 Å². The Kier molecular flexibility index (Phi) is 5.32. The summed E-state index contributed by atoms with van der Waals surface area (Å²) in [5.41, 5.74) is 1.54. The first-order valence-corrected chi connectivity index (χ1v) is 10.2. The third-order valence-corrected chi connectivity index (χ3v) is 5.44. The van der Waals surface area contributed by atoms with Gasteiger partial charge in [-0.2, -0.15) is 0 Å². The molecule has 0 fully saturated rings. The molecule has 144 valence electrons. The zero-order chi connectivity index (χ0) is 19.8. The molecule has 0 bridgehead atoms. The molecule has 0 aliphatic carbocycles. The van der Waals surface area contributed by atoms with Gasteiger partial charge in [-0.3, -0.25) is 4.79 Å². The van der Waals surface area contributed by atoms with Crippen molar-refractivity contribution in [3.05, 3.63) is 46.5 Å². The van der Waals surface area contributed by atoms with E-state index in [0.717, 1.165) is 18.1 Å². The van der Waals surface area contributed by atoms with Crippen molar-refractivity contribution in [2.75, 3.05) is 11.9 Å². The SMILES string of the molecule is CCOc1cc2c(cc1NC(=O)c1ccc(Cl)c(S(N)(=O)=O)c1)O[C@@H](C)C2. The van der Waals surface area contributed by atoms with E-state index in [4.69, 9.17) is 26.2 Å². The summed E-state index contributed by atoms with van der Waals surface area (Å²) in [6, 6.07) is 7.42. The van der Waals surface area contributed by atoms with Crippen LogP contribution in [-0.2, 0) is 16.4 Å². The van der Waals surface area contributed by atoms with Crippen LogP contribution in [0.25, 0.3) is 0 Å². The molecule has 0 aromatic heterocycles. The van der Waals surface area contributed by atoms with Crippen LogP contribution in [-0.4, -0.2) is 27.0 Å². The first-order valence-electron chi connectivity index (χ1n) is 8.29. The van der Waals surface area contributed by atoms with Crippen LogP contribution in [0.5, 0.6) is 11.5 Å². The van der Waals surface area contributed by atoms with E-state index in [-0.39, 0.29) is 21.6 Å². The molecular weight excluding hydrogens is 392 g/mol. The fourth-order valence-electron chi connectivity index (χ4n) is 2.87. The van der Waals surface area contributed by atoms with Gasteiger partial charge < -0.3 is 14.8 Å². The number of carbonyl (C=O) groups excluding carboxylic acids is 1. The monoisotopic (exact) mass is 410 g/mol. The van der Waals surface area contributed by atoms with Gasteiger partial charge in [0.15, 0.2) is 0 Å². The molecule has 0 radical (unpaired) electrons. The van der Waals surface area contributed by atoms with E-state index in [0.29, 0.717) is 23.8 Å². The van der Waals surface area contributed by atoms with Crippen LogP contribution >= 0.6 is 11.6 Å². The van der Waals surface area contributed by atoms with Crippen molar-refractivity contribution in [1.29, 1.82) is 0 Å². The molecule has 9 heteroatoms. The Morgan fingerprint density at radius 3 is 2.78 bits per heavy atom. The summed E-state index contributed by atoms with van der Waals surface area (Å²) in [4.78, 5) is 12.3. The summed E-state index contributed by atoms with van der Waals surface area (Å²) < 4.78 is 34.6. The third kappa shape index (κ3) is 4.18. The molecule has 1 aliphatic heterocycles. The third-order valence-electron chi connectivity index (χ3n) is 4.05. The largest absolute Gasteiger partial charge is 0.492 e. The minimum atomic E-state index is -4.05. The number of benzene rings is 2. The second-order valence-corrected chi connectivity index (χ2v) is 8.10. The average Bonchev–Trinajstić information content (AvgIpc) is 2.93. The van der Waals surface area contributed by atoms with Gasteiger partial charge in [0.25, 0.3) is 5.91 Å². The molecule has 2 aromatic rings. The van der Waals surface area contributed by atoms with Gasteiger partial charge in [-0.1, -0.05) is 11.6 Å². The highest BCUT2D eigenvalue weighted by atomic mass is 35.5. The first-order chi connectivity index (χ1) is 12.7. The lowest BCUT2D eigenvalue weighted by Crippen LogP contribution is -2.16. The van der Waals surface area contributed by atoms with Gasteiger partial charge in [0.1, 0.15) is 22.5 Å². The van der Waals surface area contributed by atoms with Crippen molar-refractivity contribution in [3.63, 3.8) is 0 Å². The Hall–Kier alpha value is -2.29. The zero-order valence-corrected chi connectivity index (χ0v) is 16.4. The van der Waals surface area contributed by atoms with Gasteiger partial charge in [-0.05, 0) is 38.1 Å². The number of amides is 1. The van der Waals surface area contributed by atoms with E-state index in [1.54, 1.807) is 6.07 Å². The summed E-state index contributed by atoms with van der Waals surface area (Å²) in [7, 11) is -4.05. The molecule has 3 rings (SSSR count). The number of halogens is 1. The van der Waals surface area contributed by atoms with E-state index in [1.807, 2.05) is 19.9 Å². The number of primary sulfonamides is 1. The second kappa shape index (κ2) is 7.38. The lowest BCUT2D eigenvalue weighted by molar-refractivity contribution is 0.102. The molecule has 0 saturated carbocycles. The lowest BCUT2D eigenvalue weighted by Gasteiger charge is -2.14. The van der Waals surface area contributed by atoms with Gasteiger partial charge >= 0.3 is 0 Å². The molecule has 1 atom stereocenters. The van der Waals surface area contributed by atoms with Crippen LogP contribution in [0, 0.1) is 0 Å². The van der Waals surface area contributed by atoms with E-state index < -0.39 is 15.9 Å². The molecule has 1 aliphatic rings. The Bertz CT molecular complexity index is 1010. The maximum absolute atomic E-state index is 12.6. The van der Waals surface area contributed by atoms with Crippen LogP contribution in [0.15, 0.2) is 35.2 Å². The summed E-state index contributed by atoms with van der Waals surface area (Å²) in [6.45, 7) is 4.23. The molecule has 27 heavy (non-hydrogen) atoms. The second-order valence-electron chi connectivity index (χ2n) is 6.17. The lowest BCUT2D eigenvalue weighted by atomic mass is 10.1. The fourth-order valence-corrected chi connectivity index (χ4v) is 3.94. The molecule has 7 nitrogen and oxygen atoms in total. The number of rotatable bonds is 5. The van der Waals surface area contributed by atoms with Crippen molar-refractivity contribution in [2.24, 2.45) is 5.14 Å². The normalized spacial score (nSPS) is 15.8. The van der Waals surface area contributed by atoms with Crippen LogP contribution in [0.4, 0.5) is 5.69 Å². The van der Waals surface area contributed by atoms with Crippen molar-refractivity contribution in [3.8, 4) is 11.5 Å². The van der Waals surface area contributed by atoms with E-state index >= 15 is 0 Å². The van der Waals surface area contributed by atoms with E-state index in [1.165, 1.54) is 12.1 Å². The predicted molar refractivity (Wildman–Crippen MR) is 102 cm³/mol. The zero-order valence-electron chi connectivity index (χ0n) is 14.8. The molecule has 3 N–H and O–H groups in total. The van der Waals surface area contributed by atoms with Crippen LogP contribution in [0.2, 0.25) is 5.02 Å². The predicted octanol–water partition coefficient (Wildman–Crippen LogP) is 2.96. The van der Waals surface area contributed by atoms with Crippen molar-refractivity contribution < 1.29 is 22.7 Å². The molecular formula is C18H19ClN2O5S. The number of anilines is 1. The summed E-state index contributed by atoms with van der Waals surface area (Å²) in [5, 5.41) is 7.82. The standard InChI is InChI=1S/C18H19ClN2O5S/c1-3-25-16-7-12-6-10(2)26-15(12)9-14(16)21-18(22)11-4-5-13(19)17(8-11)27(20,23)24/h4-5,7-10H,3,6H2,1-2H3,(H,21,22)(H2,20,23,24)/t10-/m0/s1. The number of carbonyl (C=O) groups is 1. The number of sulfonamides is 1. The van der Waals surface area contributed by atoms with Gasteiger partial charge in [0.05, 0.1) is 17.3 Å². The van der Waals surface area contributed by atoms with Crippen LogP contribution < -0.4 is 19.9 Å². The van der Waals surface area contributed by atoms with Gasteiger partial charge in [-0.25, -0.2) is 13.6 Å². The first kappa shape index (κ1) is 19.5. The molecule has 1 amide bonds. The highest BCUT2D eigenvalue weighted by Crippen LogP contribution is 2.38. The highest BCUT2D eigenvalue weighted by Gasteiger charge is 2.23. The average molecular weight is 411 g/mol. The van der Waals surface area contributed by atoms with E-state index in [2.05, 4.69) is 5.32 Å². The maximum Gasteiger partial charge on any atom is 0.255 e. The van der Waals surface area contributed by atoms with Crippen molar-refractivity contribution in [1.82, 2.24) is 0 Å². The number of hydrogen-bond acceptors (Lipinski definition) is 5. The number of fused-ring (bicyclic) bond motifs is 1. The highest BCUT2D eigenvalue weighted by molar-refractivity contribution is 7.89. The van der Waals surface area contributed by atoms with E-state index in [9.17, 15) is 13.2 Å². The number of ether oxygens (including phenoxy) is 2.